The van der Waals surface area contributed by atoms with E-state index in [1.54, 1.807) is 18.2 Å². The molecular weight excluding hydrogens is 505 g/mol. The van der Waals surface area contributed by atoms with E-state index >= 15 is 0 Å². The summed E-state index contributed by atoms with van der Waals surface area (Å²) in [5.74, 6) is -1.19. The molecule has 0 aliphatic carbocycles. The molecule has 3 rings (SSSR count). The van der Waals surface area contributed by atoms with Gasteiger partial charge in [-0.3, -0.25) is 9.59 Å². The first-order chi connectivity index (χ1) is 17.8. The van der Waals surface area contributed by atoms with E-state index in [-0.39, 0.29) is 54.9 Å². The molecule has 1 heterocycles. The van der Waals surface area contributed by atoms with Gasteiger partial charge in [0.05, 0.1) is 25.8 Å². The Balaban J connectivity index is 1.88. The van der Waals surface area contributed by atoms with Gasteiger partial charge in [0.2, 0.25) is 0 Å². The highest BCUT2D eigenvalue weighted by Crippen LogP contribution is 2.32. The molecular formula is C27H27ClFNO7. The van der Waals surface area contributed by atoms with Crippen LogP contribution in [0.3, 0.4) is 0 Å². The van der Waals surface area contributed by atoms with E-state index in [1.165, 1.54) is 44.6 Å². The van der Waals surface area contributed by atoms with Crippen molar-refractivity contribution in [3.63, 3.8) is 0 Å². The van der Waals surface area contributed by atoms with Crippen molar-refractivity contribution in [2.45, 2.75) is 12.8 Å². The number of methoxy groups -OCH3 is 2. The van der Waals surface area contributed by atoms with Gasteiger partial charge in [-0.15, -0.1) is 0 Å². The number of ketones is 2. The van der Waals surface area contributed by atoms with Crippen molar-refractivity contribution in [2.75, 3.05) is 34.0 Å². The number of halogens is 2. The van der Waals surface area contributed by atoms with E-state index in [0.717, 1.165) is 0 Å². The molecule has 2 N–H and O–H groups in total. The van der Waals surface area contributed by atoms with Crippen molar-refractivity contribution in [1.82, 2.24) is 4.98 Å². The fourth-order valence-corrected chi connectivity index (χ4v) is 3.93. The zero-order valence-corrected chi connectivity index (χ0v) is 21.1. The minimum Gasteiger partial charge on any atom is -0.494 e. The third-order valence-corrected chi connectivity index (χ3v) is 5.93. The van der Waals surface area contributed by atoms with Gasteiger partial charge < -0.3 is 24.4 Å². The zero-order chi connectivity index (χ0) is 26.9. The quantitative estimate of drug-likeness (QED) is 0.312. The van der Waals surface area contributed by atoms with Crippen molar-refractivity contribution in [3.05, 3.63) is 70.6 Å². The van der Waals surface area contributed by atoms with Crippen molar-refractivity contribution in [2.24, 2.45) is 5.92 Å². The maximum atomic E-state index is 13.7. The number of rotatable bonds is 13. The Morgan fingerprint density at radius 1 is 0.973 bits per heavy atom. The summed E-state index contributed by atoms with van der Waals surface area (Å²) in [6.45, 7) is -0.417. The number of hydrogen-bond donors (Lipinski definition) is 2. The van der Waals surface area contributed by atoms with Gasteiger partial charge in [-0.1, -0.05) is 11.6 Å². The lowest BCUT2D eigenvalue weighted by atomic mass is 9.90. The van der Waals surface area contributed by atoms with Gasteiger partial charge in [-0.05, 0) is 55.0 Å². The summed E-state index contributed by atoms with van der Waals surface area (Å²) < 4.78 is 29.7. The monoisotopic (exact) mass is 531 g/mol. The smallest absolute Gasteiger partial charge is 0.184 e. The minimum atomic E-state index is -0.848. The average Bonchev–Trinajstić information content (AvgIpc) is 2.92. The van der Waals surface area contributed by atoms with E-state index in [1.807, 2.05) is 0 Å². The lowest BCUT2D eigenvalue weighted by Crippen LogP contribution is -2.21. The van der Waals surface area contributed by atoms with Gasteiger partial charge in [0, 0.05) is 30.1 Å². The van der Waals surface area contributed by atoms with Gasteiger partial charge in [0.15, 0.2) is 23.1 Å². The molecule has 0 unspecified atom stereocenters. The highest BCUT2D eigenvalue weighted by Gasteiger charge is 2.26. The predicted molar refractivity (Wildman–Crippen MR) is 135 cm³/mol. The van der Waals surface area contributed by atoms with Gasteiger partial charge in [-0.2, -0.15) is 0 Å². The summed E-state index contributed by atoms with van der Waals surface area (Å²) in [4.78, 5) is 30.9. The van der Waals surface area contributed by atoms with Crippen LogP contribution in [-0.4, -0.2) is 60.8 Å². The second-order valence-corrected chi connectivity index (χ2v) is 8.42. The Hall–Kier alpha value is -3.53. The summed E-state index contributed by atoms with van der Waals surface area (Å²) in [5.41, 5.74) is 1.09. The highest BCUT2D eigenvalue weighted by molar-refractivity contribution is 6.31. The summed E-state index contributed by atoms with van der Waals surface area (Å²) >= 11 is 5.92. The van der Waals surface area contributed by atoms with Gasteiger partial charge in [0.1, 0.15) is 29.6 Å². The van der Waals surface area contributed by atoms with Gasteiger partial charge in [0.25, 0.3) is 0 Å². The molecule has 0 aliphatic rings. The molecule has 0 aliphatic heterocycles. The number of ether oxygens (including phenoxy) is 3. The number of pyridine rings is 1. The summed E-state index contributed by atoms with van der Waals surface area (Å²) in [6, 6.07) is 11.7. The van der Waals surface area contributed by atoms with Crippen LogP contribution < -0.4 is 14.2 Å². The number of nitrogens with zero attached hydrogens (tertiary/aromatic N) is 1. The van der Waals surface area contributed by atoms with Crippen LogP contribution in [0.2, 0.25) is 5.02 Å². The molecule has 10 heteroatoms. The van der Waals surface area contributed by atoms with Crippen LogP contribution in [0, 0.1) is 11.7 Å². The highest BCUT2D eigenvalue weighted by atomic mass is 35.5. The largest absolute Gasteiger partial charge is 0.494 e. The molecule has 1 atom stereocenters. The van der Waals surface area contributed by atoms with E-state index in [4.69, 9.17) is 30.9 Å². The summed E-state index contributed by atoms with van der Waals surface area (Å²) in [6.07, 6.45) is -0.129. The summed E-state index contributed by atoms with van der Waals surface area (Å²) in [7, 11) is 2.86. The summed E-state index contributed by atoms with van der Waals surface area (Å²) in [5, 5.41) is 18.4. The van der Waals surface area contributed by atoms with Crippen LogP contribution in [0.4, 0.5) is 4.39 Å². The fourth-order valence-electron chi connectivity index (χ4n) is 3.75. The molecule has 0 amide bonds. The first kappa shape index (κ1) is 28.0. The number of benzene rings is 2. The Labute approximate surface area is 218 Å². The molecule has 0 saturated heterocycles. The number of aromatic nitrogens is 1. The Morgan fingerprint density at radius 2 is 1.70 bits per heavy atom. The third kappa shape index (κ3) is 6.82. The third-order valence-electron chi connectivity index (χ3n) is 5.64. The van der Waals surface area contributed by atoms with Crippen LogP contribution in [0.1, 0.15) is 33.7 Å². The van der Waals surface area contributed by atoms with E-state index in [0.29, 0.717) is 28.4 Å². The number of aliphatic hydroxyl groups is 2. The first-order valence-electron chi connectivity index (χ1n) is 11.4. The Bertz CT molecular complexity index is 1270. The van der Waals surface area contributed by atoms with Crippen LogP contribution in [0.25, 0.3) is 11.3 Å². The standard InChI is InChI=1S/C27H27ClFNO7/c1-35-24-8-6-21(30-26(24)17-3-5-20(29)19(28)13-17)27(34)18(9-10-31)14-22(33)16-4-7-23(37-12-11-32)25(15-16)36-2/h3-8,13,15,18,31-32H,9-12,14H2,1-2H3/t18-/m0/s1. The molecule has 0 spiro atoms. The number of carbonyl (C=O) groups excluding carboxylic acids is 2. The second kappa shape index (κ2) is 13.1. The minimum absolute atomic E-state index is 0.0465. The number of hydrogen-bond acceptors (Lipinski definition) is 8. The average molecular weight is 532 g/mol. The molecule has 1 aromatic heterocycles. The maximum absolute atomic E-state index is 13.7. The van der Waals surface area contributed by atoms with Crippen molar-refractivity contribution in [3.8, 4) is 28.5 Å². The predicted octanol–water partition coefficient (Wildman–Crippen LogP) is 4.38. The molecule has 37 heavy (non-hydrogen) atoms. The molecule has 2 aromatic carbocycles. The second-order valence-electron chi connectivity index (χ2n) is 8.01. The van der Waals surface area contributed by atoms with Crippen molar-refractivity contribution in [1.29, 1.82) is 0 Å². The number of carbonyl (C=O) groups is 2. The van der Waals surface area contributed by atoms with E-state index < -0.39 is 17.5 Å². The number of Topliss-reactive ketones (excluding diaryl/α,β-unsaturated/α-hetero) is 2. The normalized spacial score (nSPS) is 11.6. The Kier molecular flexibility index (Phi) is 9.96. The van der Waals surface area contributed by atoms with Crippen LogP contribution in [-0.2, 0) is 0 Å². The maximum Gasteiger partial charge on any atom is 0.184 e. The zero-order valence-electron chi connectivity index (χ0n) is 20.4. The SMILES string of the molecule is COc1cc(C(=O)C[C@H](CCO)C(=O)c2ccc(OC)c(-c3ccc(F)c(Cl)c3)n2)ccc1OCCO. The van der Waals surface area contributed by atoms with Crippen LogP contribution in [0.5, 0.6) is 17.2 Å². The van der Waals surface area contributed by atoms with Gasteiger partial charge in [-0.25, -0.2) is 9.37 Å². The van der Waals surface area contributed by atoms with Crippen LogP contribution >= 0.6 is 11.6 Å². The lowest BCUT2D eigenvalue weighted by Gasteiger charge is -2.16. The fraction of sp³-hybridized carbons (Fsp3) is 0.296. The first-order valence-corrected chi connectivity index (χ1v) is 11.8. The van der Waals surface area contributed by atoms with E-state index in [2.05, 4.69) is 4.98 Å². The van der Waals surface area contributed by atoms with Crippen LogP contribution in [0.15, 0.2) is 48.5 Å². The molecule has 196 valence electrons. The Morgan fingerprint density at radius 3 is 2.35 bits per heavy atom. The molecule has 0 bridgehead atoms. The molecule has 0 saturated carbocycles. The van der Waals surface area contributed by atoms with Crippen molar-refractivity contribution < 1.29 is 38.4 Å². The van der Waals surface area contributed by atoms with Gasteiger partial charge >= 0.3 is 0 Å². The topological polar surface area (TPSA) is 115 Å². The molecule has 8 nitrogen and oxygen atoms in total. The number of aliphatic hydroxyl groups excluding tert-OH is 2. The molecule has 3 aromatic rings. The lowest BCUT2D eigenvalue weighted by molar-refractivity contribution is 0.0824. The van der Waals surface area contributed by atoms with E-state index in [9.17, 15) is 19.1 Å². The molecule has 0 fully saturated rings. The molecule has 0 radical (unpaired) electrons. The van der Waals surface area contributed by atoms with Crippen molar-refractivity contribution >= 4 is 23.2 Å².